The van der Waals surface area contributed by atoms with E-state index in [0.29, 0.717) is 11.0 Å². The maximum absolute atomic E-state index is 11.1. The monoisotopic (exact) mass is 292 g/mol. The van der Waals surface area contributed by atoms with Crippen LogP contribution in [0, 0.1) is 0 Å². The molecule has 1 heterocycles. The van der Waals surface area contributed by atoms with Gasteiger partial charge in [-0.05, 0) is 19.1 Å². The molecule has 1 atom stereocenters. The molecule has 0 radical (unpaired) electrons. The molecule has 0 aliphatic carbocycles. The van der Waals surface area contributed by atoms with Crippen molar-refractivity contribution >= 4 is 17.7 Å². The Bertz CT molecular complexity index is 627. The van der Waals surface area contributed by atoms with Gasteiger partial charge in [0.2, 0.25) is 5.91 Å². The highest BCUT2D eigenvalue weighted by Gasteiger charge is 2.17. The van der Waals surface area contributed by atoms with E-state index in [9.17, 15) is 4.79 Å². The number of hydrogen-bond acceptors (Lipinski definition) is 5. The first kappa shape index (κ1) is 14.4. The Labute approximate surface area is 121 Å². The Morgan fingerprint density at radius 2 is 2.20 bits per heavy atom. The van der Waals surface area contributed by atoms with Gasteiger partial charge >= 0.3 is 0 Å². The van der Waals surface area contributed by atoms with Gasteiger partial charge in [0.25, 0.3) is 0 Å². The number of nitrogens with zero attached hydrogens (tertiary/aromatic N) is 3. The maximum Gasteiger partial charge on any atom is 0.230 e. The van der Waals surface area contributed by atoms with Crippen LogP contribution in [0.15, 0.2) is 29.4 Å². The summed E-state index contributed by atoms with van der Waals surface area (Å²) in [6.45, 7) is 1.74. The number of hydrogen-bond donors (Lipinski definition) is 1. The van der Waals surface area contributed by atoms with Gasteiger partial charge in [-0.15, -0.1) is 10.2 Å². The molecule has 106 valence electrons. The highest BCUT2D eigenvalue weighted by molar-refractivity contribution is 8.00. The lowest BCUT2D eigenvalue weighted by Gasteiger charge is -2.07. The number of carbonyl (C=O) groups excluding carboxylic acids is 1. The molecule has 1 amide bonds. The number of nitrogens with two attached hydrogens (primary N) is 1. The van der Waals surface area contributed by atoms with Crippen molar-refractivity contribution in [3.05, 3.63) is 24.3 Å². The van der Waals surface area contributed by atoms with E-state index in [1.54, 1.807) is 14.0 Å². The average molecular weight is 292 g/mol. The number of ether oxygens (including phenoxy) is 1. The van der Waals surface area contributed by atoms with Crippen LogP contribution in [0.4, 0.5) is 0 Å². The molecule has 0 bridgehead atoms. The molecule has 20 heavy (non-hydrogen) atoms. The largest absolute Gasteiger partial charge is 0.497 e. The third kappa shape index (κ3) is 2.93. The van der Waals surface area contributed by atoms with Crippen molar-refractivity contribution < 1.29 is 9.53 Å². The smallest absolute Gasteiger partial charge is 0.230 e. The second kappa shape index (κ2) is 5.96. The third-order valence-corrected chi connectivity index (χ3v) is 4.00. The molecule has 6 nitrogen and oxygen atoms in total. The predicted molar refractivity (Wildman–Crippen MR) is 77.5 cm³/mol. The second-order valence-electron chi connectivity index (χ2n) is 4.26. The van der Waals surface area contributed by atoms with Crippen molar-refractivity contribution in [2.24, 2.45) is 12.8 Å². The van der Waals surface area contributed by atoms with Crippen LogP contribution in [-0.2, 0) is 11.8 Å². The SMILES string of the molecule is COc1cccc(-c2nnc(S[C@@H](C)C(N)=O)n2C)c1. The molecular weight excluding hydrogens is 276 g/mol. The molecule has 1 aromatic carbocycles. The van der Waals surface area contributed by atoms with Gasteiger partial charge in [0.15, 0.2) is 11.0 Å². The van der Waals surface area contributed by atoms with Gasteiger partial charge in [0, 0.05) is 12.6 Å². The van der Waals surface area contributed by atoms with E-state index >= 15 is 0 Å². The number of thioether (sulfide) groups is 1. The molecule has 0 saturated carbocycles. The molecule has 2 N–H and O–H groups in total. The van der Waals surface area contributed by atoms with Crippen molar-refractivity contribution in [3.8, 4) is 17.1 Å². The minimum Gasteiger partial charge on any atom is -0.497 e. The van der Waals surface area contributed by atoms with E-state index in [0.717, 1.165) is 11.3 Å². The van der Waals surface area contributed by atoms with Crippen molar-refractivity contribution in [3.63, 3.8) is 0 Å². The molecule has 1 aromatic heterocycles. The Morgan fingerprint density at radius 1 is 1.45 bits per heavy atom. The number of amides is 1. The first-order chi connectivity index (χ1) is 9.52. The van der Waals surface area contributed by atoms with Crippen LogP contribution in [0.25, 0.3) is 11.4 Å². The molecule has 0 aliphatic heterocycles. The topological polar surface area (TPSA) is 83.0 Å². The lowest BCUT2D eigenvalue weighted by molar-refractivity contribution is -0.117. The number of rotatable bonds is 5. The molecule has 0 fully saturated rings. The quantitative estimate of drug-likeness (QED) is 0.843. The van der Waals surface area contributed by atoms with E-state index in [1.165, 1.54) is 11.8 Å². The van der Waals surface area contributed by atoms with Crippen molar-refractivity contribution in [1.29, 1.82) is 0 Å². The lowest BCUT2D eigenvalue weighted by atomic mass is 10.2. The molecule has 0 unspecified atom stereocenters. The normalized spacial score (nSPS) is 12.2. The Balaban J connectivity index is 2.30. The zero-order valence-electron chi connectivity index (χ0n) is 11.5. The van der Waals surface area contributed by atoms with Crippen molar-refractivity contribution in [2.45, 2.75) is 17.3 Å². The summed E-state index contributed by atoms with van der Waals surface area (Å²) < 4.78 is 7.03. The van der Waals surface area contributed by atoms with E-state index in [1.807, 2.05) is 35.9 Å². The van der Waals surface area contributed by atoms with Gasteiger partial charge in [-0.3, -0.25) is 4.79 Å². The molecule has 0 saturated heterocycles. The number of benzene rings is 1. The molecular formula is C13H16N4O2S. The fourth-order valence-corrected chi connectivity index (χ4v) is 2.41. The Kier molecular flexibility index (Phi) is 4.29. The lowest BCUT2D eigenvalue weighted by Crippen LogP contribution is -2.22. The van der Waals surface area contributed by atoms with E-state index in [2.05, 4.69) is 10.2 Å². The van der Waals surface area contributed by atoms with Crippen LogP contribution in [0.3, 0.4) is 0 Å². The molecule has 0 spiro atoms. The standard InChI is InChI=1S/C13H16N4O2S/c1-8(11(14)18)20-13-16-15-12(17(13)2)9-5-4-6-10(7-9)19-3/h4-8H,1-3H3,(H2,14,18)/t8-/m0/s1. The maximum atomic E-state index is 11.1. The number of methoxy groups -OCH3 is 1. The van der Waals surface area contributed by atoms with E-state index in [-0.39, 0.29) is 11.2 Å². The second-order valence-corrected chi connectivity index (χ2v) is 5.57. The number of primary amides is 1. The van der Waals surface area contributed by atoms with E-state index < -0.39 is 0 Å². The average Bonchev–Trinajstić information content (AvgIpc) is 2.80. The third-order valence-electron chi connectivity index (χ3n) is 2.85. The van der Waals surface area contributed by atoms with Gasteiger partial charge < -0.3 is 15.0 Å². The van der Waals surface area contributed by atoms with Gasteiger partial charge in [0.05, 0.1) is 12.4 Å². The molecule has 2 rings (SSSR count). The highest BCUT2D eigenvalue weighted by Crippen LogP contribution is 2.27. The summed E-state index contributed by atoms with van der Waals surface area (Å²) >= 11 is 1.29. The van der Waals surface area contributed by atoms with Crippen molar-refractivity contribution in [2.75, 3.05) is 7.11 Å². The summed E-state index contributed by atoms with van der Waals surface area (Å²) in [5.74, 6) is 1.09. The van der Waals surface area contributed by atoms with Crippen LogP contribution in [0.2, 0.25) is 0 Å². The van der Waals surface area contributed by atoms with Crippen LogP contribution in [0.5, 0.6) is 5.75 Å². The fraction of sp³-hybridized carbons (Fsp3) is 0.308. The highest BCUT2D eigenvalue weighted by atomic mass is 32.2. The zero-order valence-corrected chi connectivity index (χ0v) is 12.3. The Morgan fingerprint density at radius 3 is 2.85 bits per heavy atom. The molecule has 7 heteroatoms. The summed E-state index contributed by atoms with van der Waals surface area (Å²) in [4.78, 5) is 11.1. The van der Waals surface area contributed by atoms with Crippen LogP contribution >= 0.6 is 11.8 Å². The van der Waals surface area contributed by atoms with Gasteiger partial charge in [-0.2, -0.15) is 0 Å². The first-order valence-corrected chi connectivity index (χ1v) is 6.90. The first-order valence-electron chi connectivity index (χ1n) is 6.02. The van der Waals surface area contributed by atoms with Crippen LogP contribution in [0.1, 0.15) is 6.92 Å². The minimum atomic E-state index is -0.374. The fourth-order valence-electron chi connectivity index (χ4n) is 1.65. The molecule has 2 aromatic rings. The van der Waals surface area contributed by atoms with Crippen molar-refractivity contribution in [1.82, 2.24) is 14.8 Å². The van der Waals surface area contributed by atoms with Gasteiger partial charge in [0.1, 0.15) is 5.75 Å². The molecule has 0 aliphatic rings. The summed E-state index contributed by atoms with van der Waals surface area (Å²) in [7, 11) is 3.47. The predicted octanol–water partition coefficient (Wildman–Crippen LogP) is 1.46. The summed E-state index contributed by atoms with van der Waals surface area (Å²) in [6, 6.07) is 7.57. The number of carbonyl (C=O) groups is 1. The van der Waals surface area contributed by atoms with Gasteiger partial charge in [-0.25, -0.2) is 0 Å². The van der Waals surface area contributed by atoms with Crippen LogP contribution in [-0.4, -0.2) is 33.0 Å². The Hall–Kier alpha value is -2.02. The summed E-state index contributed by atoms with van der Waals surface area (Å²) in [6.07, 6.45) is 0. The minimum absolute atomic E-state index is 0.351. The summed E-state index contributed by atoms with van der Waals surface area (Å²) in [5.41, 5.74) is 6.16. The number of aromatic nitrogens is 3. The zero-order chi connectivity index (χ0) is 14.7. The van der Waals surface area contributed by atoms with E-state index in [4.69, 9.17) is 10.5 Å². The van der Waals surface area contributed by atoms with Gasteiger partial charge in [-0.1, -0.05) is 23.9 Å². The van der Waals surface area contributed by atoms with Crippen LogP contribution < -0.4 is 10.5 Å². The summed E-state index contributed by atoms with van der Waals surface area (Å²) in [5, 5.41) is 8.55.